The molecule has 182 valence electrons. The molecule has 2 aromatic heterocycles. The number of aromatic hydroxyl groups is 1. The van der Waals surface area contributed by atoms with Crippen molar-refractivity contribution in [3.8, 4) is 28.3 Å². The molecule has 0 amide bonds. The highest BCUT2D eigenvalue weighted by Gasteiger charge is 2.48. The first-order valence-electron chi connectivity index (χ1n) is 11.8. The third-order valence-electron chi connectivity index (χ3n) is 7.28. The number of alkyl halides is 1. The number of rotatable bonds is 5. The molecule has 0 radical (unpaired) electrons. The number of hydrogen-bond donors (Lipinski definition) is 2. The van der Waals surface area contributed by atoms with Crippen LogP contribution in [0.2, 0.25) is 0 Å². The molecule has 6 rings (SSSR count). The van der Waals surface area contributed by atoms with Crippen LogP contribution in [0, 0.1) is 5.95 Å². The van der Waals surface area contributed by atoms with E-state index in [2.05, 4.69) is 25.5 Å². The second-order valence-electron chi connectivity index (χ2n) is 9.61. The zero-order valence-electron chi connectivity index (χ0n) is 19.1. The molecule has 0 spiro atoms. The van der Waals surface area contributed by atoms with Crippen LogP contribution in [0.3, 0.4) is 0 Å². The average Bonchev–Trinajstić information content (AvgIpc) is 3.60. The summed E-state index contributed by atoms with van der Waals surface area (Å²) in [6, 6.07) is 5.89. The Kier molecular flexibility index (Phi) is 5.24. The molecule has 0 unspecified atom stereocenters. The van der Waals surface area contributed by atoms with Gasteiger partial charge in [0, 0.05) is 42.4 Å². The van der Waals surface area contributed by atoms with Crippen LogP contribution in [0.15, 0.2) is 35.3 Å². The Balaban J connectivity index is 1.27. The van der Waals surface area contributed by atoms with Crippen molar-refractivity contribution in [1.82, 2.24) is 30.0 Å². The monoisotopic (exact) mass is 481 g/mol. The Bertz CT molecular complexity index is 1330. The number of aromatic nitrogens is 5. The molecule has 4 atom stereocenters. The van der Waals surface area contributed by atoms with Crippen molar-refractivity contribution >= 4 is 5.95 Å². The maximum absolute atomic E-state index is 15.2. The third kappa shape index (κ3) is 3.93. The SMILES string of the molecule is Cn1c(F)cc(-c2ccc(-c3cnc(N(C4CC4)[C@H]4C[C@@H]5CC[C@H](N5)[C@H]4F)nn3)c(O)c2)nc1=O. The van der Waals surface area contributed by atoms with Crippen molar-refractivity contribution in [3.63, 3.8) is 0 Å². The Morgan fingerprint density at radius 1 is 1.14 bits per heavy atom. The number of piperidine rings is 1. The fourth-order valence-electron chi connectivity index (χ4n) is 5.26. The lowest BCUT2D eigenvalue weighted by Crippen LogP contribution is -2.57. The number of phenolic OH excluding ortho intramolecular Hbond substituents is 1. The molecular formula is C24H25F2N7O2. The van der Waals surface area contributed by atoms with Crippen LogP contribution < -0.4 is 15.9 Å². The molecule has 35 heavy (non-hydrogen) atoms. The molecule has 1 aromatic carbocycles. The van der Waals surface area contributed by atoms with Gasteiger partial charge < -0.3 is 15.3 Å². The zero-order chi connectivity index (χ0) is 24.3. The molecule has 2 aliphatic heterocycles. The van der Waals surface area contributed by atoms with Crippen molar-refractivity contribution < 1.29 is 13.9 Å². The quantitative estimate of drug-likeness (QED) is 0.535. The van der Waals surface area contributed by atoms with Gasteiger partial charge >= 0.3 is 5.69 Å². The first-order valence-corrected chi connectivity index (χ1v) is 11.8. The van der Waals surface area contributed by atoms with Crippen molar-refractivity contribution in [2.75, 3.05) is 4.90 Å². The molecule has 3 aliphatic rings. The van der Waals surface area contributed by atoms with E-state index in [0.717, 1.165) is 42.7 Å². The van der Waals surface area contributed by atoms with E-state index in [9.17, 15) is 14.3 Å². The summed E-state index contributed by atoms with van der Waals surface area (Å²) in [6.45, 7) is 0. The van der Waals surface area contributed by atoms with Gasteiger partial charge in [-0.2, -0.15) is 9.37 Å². The molecule has 2 bridgehead atoms. The lowest BCUT2D eigenvalue weighted by molar-refractivity contribution is 0.171. The minimum absolute atomic E-state index is 0.115. The van der Waals surface area contributed by atoms with Crippen LogP contribution in [0.1, 0.15) is 32.1 Å². The smallest absolute Gasteiger partial charge is 0.350 e. The molecule has 11 heteroatoms. The Morgan fingerprint density at radius 2 is 1.97 bits per heavy atom. The largest absolute Gasteiger partial charge is 0.507 e. The topological polar surface area (TPSA) is 109 Å². The molecule has 2 saturated heterocycles. The molecule has 1 aliphatic carbocycles. The van der Waals surface area contributed by atoms with Crippen LogP contribution in [0.5, 0.6) is 5.75 Å². The van der Waals surface area contributed by atoms with E-state index >= 15 is 4.39 Å². The number of nitrogens with zero attached hydrogens (tertiary/aromatic N) is 6. The first-order chi connectivity index (χ1) is 16.9. The normalized spacial score (nSPS) is 25.6. The highest BCUT2D eigenvalue weighted by Crippen LogP contribution is 2.39. The Hall–Kier alpha value is -3.47. The molecule has 3 aromatic rings. The van der Waals surface area contributed by atoms with Crippen molar-refractivity contribution in [1.29, 1.82) is 0 Å². The predicted molar refractivity (Wildman–Crippen MR) is 124 cm³/mol. The number of phenols is 1. The van der Waals surface area contributed by atoms with Gasteiger partial charge in [0.2, 0.25) is 5.95 Å². The minimum atomic E-state index is -0.984. The molecular weight excluding hydrogens is 456 g/mol. The molecule has 3 fully saturated rings. The number of halogens is 2. The Morgan fingerprint density at radius 3 is 2.66 bits per heavy atom. The van der Waals surface area contributed by atoms with Crippen molar-refractivity contribution in [2.45, 2.75) is 62.4 Å². The van der Waals surface area contributed by atoms with Crippen LogP contribution in [-0.2, 0) is 7.05 Å². The van der Waals surface area contributed by atoms with E-state index in [1.54, 1.807) is 12.1 Å². The zero-order valence-corrected chi connectivity index (χ0v) is 19.1. The van der Waals surface area contributed by atoms with Crippen LogP contribution >= 0.6 is 0 Å². The van der Waals surface area contributed by atoms with Gasteiger partial charge in [-0.25, -0.2) is 14.2 Å². The van der Waals surface area contributed by atoms with Crippen LogP contribution in [-0.4, -0.2) is 60.2 Å². The standard InChI is InChI=1S/C24H25F2N7O2/c1-32-21(25)10-17(29-24(32)35)12-2-6-15(20(34)8-12)18-11-27-23(31-30-18)33(14-4-5-14)19-9-13-3-7-16(28-13)22(19)26/h2,6,8,10-11,13-14,16,19,22,28,34H,3-5,7,9H2,1H3/t13-,16-,19-,22+/m0/s1. The number of fused-ring (bicyclic) bond motifs is 2. The second-order valence-corrected chi connectivity index (χ2v) is 9.61. The van der Waals surface area contributed by atoms with E-state index in [0.29, 0.717) is 28.8 Å². The van der Waals surface area contributed by atoms with Gasteiger partial charge in [0.15, 0.2) is 5.95 Å². The number of nitrogens with one attached hydrogen (secondary N) is 1. The summed E-state index contributed by atoms with van der Waals surface area (Å²) in [4.78, 5) is 22.2. The van der Waals surface area contributed by atoms with Gasteiger partial charge in [0.05, 0.1) is 17.9 Å². The van der Waals surface area contributed by atoms with Gasteiger partial charge in [-0.05, 0) is 44.2 Å². The lowest BCUT2D eigenvalue weighted by Gasteiger charge is -2.40. The van der Waals surface area contributed by atoms with Crippen LogP contribution in [0.25, 0.3) is 22.5 Å². The van der Waals surface area contributed by atoms with E-state index in [-0.39, 0.29) is 29.6 Å². The van der Waals surface area contributed by atoms with E-state index in [4.69, 9.17) is 0 Å². The molecule has 9 nitrogen and oxygen atoms in total. The minimum Gasteiger partial charge on any atom is -0.507 e. The first kappa shape index (κ1) is 22.0. The van der Waals surface area contributed by atoms with E-state index in [1.165, 1.54) is 19.3 Å². The summed E-state index contributed by atoms with van der Waals surface area (Å²) in [5, 5.41) is 22.6. The number of benzene rings is 1. The van der Waals surface area contributed by atoms with Crippen molar-refractivity contribution in [2.24, 2.45) is 7.05 Å². The molecule has 1 saturated carbocycles. The van der Waals surface area contributed by atoms with Gasteiger partial charge in [0.25, 0.3) is 0 Å². The predicted octanol–water partition coefficient (Wildman–Crippen LogP) is 2.34. The lowest BCUT2D eigenvalue weighted by atomic mass is 9.96. The third-order valence-corrected chi connectivity index (χ3v) is 7.28. The maximum Gasteiger partial charge on any atom is 0.350 e. The molecule has 2 N–H and O–H groups in total. The summed E-state index contributed by atoms with van der Waals surface area (Å²) < 4.78 is 30.0. The van der Waals surface area contributed by atoms with E-state index < -0.39 is 17.8 Å². The highest BCUT2D eigenvalue weighted by molar-refractivity contribution is 5.72. The summed E-state index contributed by atoms with van der Waals surface area (Å²) in [7, 11) is 1.29. The Labute approximate surface area is 199 Å². The highest BCUT2D eigenvalue weighted by atomic mass is 19.1. The summed E-state index contributed by atoms with van der Waals surface area (Å²) in [5.74, 6) is -0.458. The van der Waals surface area contributed by atoms with Crippen LogP contribution in [0.4, 0.5) is 14.7 Å². The van der Waals surface area contributed by atoms with Gasteiger partial charge in [-0.15, -0.1) is 10.2 Å². The van der Waals surface area contributed by atoms with Gasteiger partial charge in [-0.3, -0.25) is 4.57 Å². The second kappa shape index (κ2) is 8.33. The van der Waals surface area contributed by atoms with Gasteiger partial charge in [-0.1, -0.05) is 6.07 Å². The van der Waals surface area contributed by atoms with E-state index in [1.807, 2.05) is 4.90 Å². The summed E-state index contributed by atoms with van der Waals surface area (Å²) in [6.07, 6.45) is 5.07. The van der Waals surface area contributed by atoms with Crippen molar-refractivity contribution in [3.05, 3.63) is 46.9 Å². The summed E-state index contributed by atoms with van der Waals surface area (Å²) >= 11 is 0. The number of hydrogen-bond acceptors (Lipinski definition) is 8. The summed E-state index contributed by atoms with van der Waals surface area (Å²) in [5.41, 5.74) is 0.495. The fourth-order valence-corrected chi connectivity index (χ4v) is 5.26. The van der Waals surface area contributed by atoms with Gasteiger partial charge in [0.1, 0.15) is 17.6 Å². The number of anilines is 1. The molecule has 4 heterocycles. The average molecular weight is 482 g/mol. The fraction of sp³-hybridized carbons (Fsp3) is 0.458. The maximum atomic E-state index is 15.2.